The van der Waals surface area contributed by atoms with E-state index in [4.69, 9.17) is 8.83 Å². The van der Waals surface area contributed by atoms with Gasteiger partial charge in [0.1, 0.15) is 22.3 Å². The summed E-state index contributed by atoms with van der Waals surface area (Å²) >= 11 is 0. The van der Waals surface area contributed by atoms with E-state index in [2.05, 4.69) is 35.6 Å². The fourth-order valence-electron chi connectivity index (χ4n) is 3.77. The molecule has 6 rings (SSSR count). The van der Waals surface area contributed by atoms with Gasteiger partial charge < -0.3 is 14.2 Å². The third kappa shape index (κ3) is 2.22. The lowest BCUT2D eigenvalue weighted by atomic mass is 10.1. The van der Waals surface area contributed by atoms with E-state index >= 15 is 0 Å². The van der Waals surface area contributed by atoms with Crippen LogP contribution < -0.4 is 5.32 Å². The Balaban J connectivity index is 1.44. The zero-order chi connectivity index (χ0) is 17.8. The molecular weight excluding hydrogens is 334 g/mol. The van der Waals surface area contributed by atoms with Gasteiger partial charge in [-0.1, -0.05) is 36.4 Å². The molecule has 0 amide bonds. The summed E-state index contributed by atoms with van der Waals surface area (Å²) in [5.74, 6) is 0. The molecule has 4 aromatic carbocycles. The minimum atomic E-state index is 0.885. The summed E-state index contributed by atoms with van der Waals surface area (Å²) in [6, 6.07) is 28.6. The van der Waals surface area contributed by atoms with Crippen molar-refractivity contribution in [2.24, 2.45) is 0 Å². The first-order valence-corrected chi connectivity index (χ1v) is 8.95. The second-order valence-electron chi connectivity index (χ2n) is 6.74. The summed E-state index contributed by atoms with van der Waals surface area (Å²) in [5, 5.41) is 8.00. The Labute approximate surface area is 154 Å². The number of benzene rings is 4. The Kier molecular flexibility index (Phi) is 2.88. The molecule has 1 N–H and O–H groups in total. The molecule has 3 nitrogen and oxygen atoms in total. The largest absolute Gasteiger partial charge is 0.456 e. The van der Waals surface area contributed by atoms with Crippen molar-refractivity contribution >= 4 is 55.3 Å². The second-order valence-corrected chi connectivity index (χ2v) is 6.74. The van der Waals surface area contributed by atoms with E-state index in [1.54, 1.807) is 0 Å². The highest BCUT2D eigenvalue weighted by atomic mass is 16.3. The standard InChI is InChI=1S/C24H15NO2/c1-3-7-21-17(5-1)19-11-9-16(14-24(19)27-21)25-15-10-12-23-20(13-15)18-6-2-4-8-22(18)26-23/h1-14,25H. The van der Waals surface area contributed by atoms with Crippen molar-refractivity contribution in [1.29, 1.82) is 0 Å². The zero-order valence-corrected chi connectivity index (χ0v) is 14.4. The molecule has 27 heavy (non-hydrogen) atoms. The quantitative estimate of drug-likeness (QED) is 0.358. The van der Waals surface area contributed by atoms with Gasteiger partial charge in [-0.05, 0) is 42.5 Å². The van der Waals surface area contributed by atoms with E-state index in [0.29, 0.717) is 0 Å². The van der Waals surface area contributed by atoms with Crippen LogP contribution >= 0.6 is 0 Å². The Morgan fingerprint density at radius 2 is 1.00 bits per heavy atom. The van der Waals surface area contributed by atoms with E-state index in [1.165, 1.54) is 0 Å². The average molecular weight is 349 g/mol. The van der Waals surface area contributed by atoms with Crippen molar-refractivity contribution in [2.75, 3.05) is 5.32 Å². The molecule has 2 heterocycles. The van der Waals surface area contributed by atoms with Crippen molar-refractivity contribution in [3.05, 3.63) is 84.9 Å². The topological polar surface area (TPSA) is 38.3 Å². The van der Waals surface area contributed by atoms with Crippen LogP contribution in [0.3, 0.4) is 0 Å². The van der Waals surface area contributed by atoms with E-state index in [-0.39, 0.29) is 0 Å². The highest BCUT2D eigenvalue weighted by molar-refractivity contribution is 6.07. The van der Waals surface area contributed by atoms with E-state index in [0.717, 1.165) is 55.3 Å². The molecule has 2 aromatic heterocycles. The molecule has 128 valence electrons. The molecule has 0 fully saturated rings. The number of fused-ring (bicyclic) bond motifs is 6. The van der Waals surface area contributed by atoms with Crippen LogP contribution in [0.15, 0.2) is 93.8 Å². The first-order valence-electron chi connectivity index (χ1n) is 8.95. The lowest BCUT2D eigenvalue weighted by Gasteiger charge is -2.06. The van der Waals surface area contributed by atoms with Crippen molar-refractivity contribution in [1.82, 2.24) is 0 Å². The first-order chi connectivity index (χ1) is 13.3. The molecule has 0 saturated carbocycles. The van der Waals surface area contributed by atoms with Crippen LogP contribution in [-0.2, 0) is 0 Å². The molecule has 0 bridgehead atoms. The van der Waals surface area contributed by atoms with Crippen LogP contribution in [0.5, 0.6) is 0 Å². The molecule has 0 unspecified atom stereocenters. The third-order valence-corrected chi connectivity index (χ3v) is 5.04. The van der Waals surface area contributed by atoms with Crippen LogP contribution in [0.25, 0.3) is 43.9 Å². The Morgan fingerprint density at radius 1 is 0.444 bits per heavy atom. The minimum absolute atomic E-state index is 0.885. The van der Waals surface area contributed by atoms with Crippen LogP contribution in [0, 0.1) is 0 Å². The lowest BCUT2D eigenvalue weighted by molar-refractivity contribution is 0.668. The molecule has 0 atom stereocenters. The summed E-state index contributed by atoms with van der Waals surface area (Å²) < 4.78 is 11.9. The van der Waals surface area contributed by atoms with Gasteiger partial charge in [0.05, 0.1) is 0 Å². The maximum atomic E-state index is 5.99. The van der Waals surface area contributed by atoms with Crippen LogP contribution in [0.2, 0.25) is 0 Å². The molecule has 0 spiro atoms. The third-order valence-electron chi connectivity index (χ3n) is 5.04. The molecule has 0 saturated heterocycles. The molecule has 0 radical (unpaired) electrons. The highest BCUT2D eigenvalue weighted by Gasteiger charge is 2.09. The van der Waals surface area contributed by atoms with E-state index in [9.17, 15) is 0 Å². The Morgan fingerprint density at radius 3 is 1.81 bits per heavy atom. The van der Waals surface area contributed by atoms with Crippen LogP contribution in [-0.4, -0.2) is 0 Å². The van der Waals surface area contributed by atoms with E-state index in [1.807, 2.05) is 54.6 Å². The van der Waals surface area contributed by atoms with Crippen LogP contribution in [0.4, 0.5) is 11.4 Å². The SMILES string of the molecule is c1ccc2c(c1)oc1cc(Nc3ccc4oc5ccccc5c4c3)ccc12. The normalized spacial score (nSPS) is 11.7. The zero-order valence-electron chi connectivity index (χ0n) is 14.4. The number of rotatable bonds is 2. The average Bonchev–Trinajstić information content (AvgIpc) is 3.25. The summed E-state index contributed by atoms with van der Waals surface area (Å²) in [4.78, 5) is 0. The maximum absolute atomic E-state index is 5.99. The molecule has 3 heteroatoms. The lowest BCUT2D eigenvalue weighted by Crippen LogP contribution is -1.89. The van der Waals surface area contributed by atoms with Crippen molar-refractivity contribution in [2.45, 2.75) is 0 Å². The number of hydrogen-bond acceptors (Lipinski definition) is 3. The summed E-state index contributed by atoms with van der Waals surface area (Å²) in [6.45, 7) is 0. The predicted octanol–water partition coefficient (Wildman–Crippen LogP) is 7.23. The van der Waals surface area contributed by atoms with Gasteiger partial charge in [0, 0.05) is 39.0 Å². The van der Waals surface area contributed by atoms with Crippen molar-refractivity contribution in [3.8, 4) is 0 Å². The van der Waals surface area contributed by atoms with Crippen LogP contribution in [0.1, 0.15) is 0 Å². The minimum Gasteiger partial charge on any atom is -0.456 e. The van der Waals surface area contributed by atoms with Gasteiger partial charge >= 0.3 is 0 Å². The summed E-state index contributed by atoms with van der Waals surface area (Å²) in [7, 11) is 0. The van der Waals surface area contributed by atoms with Crippen molar-refractivity contribution in [3.63, 3.8) is 0 Å². The number of nitrogens with one attached hydrogen (secondary N) is 1. The number of anilines is 2. The number of furan rings is 2. The number of para-hydroxylation sites is 2. The van der Waals surface area contributed by atoms with Gasteiger partial charge in [-0.15, -0.1) is 0 Å². The van der Waals surface area contributed by atoms with Crippen molar-refractivity contribution < 1.29 is 8.83 Å². The van der Waals surface area contributed by atoms with E-state index < -0.39 is 0 Å². The Hall–Kier alpha value is -3.72. The van der Waals surface area contributed by atoms with Gasteiger partial charge in [0.2, 0.25) is 0 Å². The van der Waals surface area contributed by atoms with Gasteiger partial charge in [0.25, 0.3) is 0 Å². The monoisotopic (exact) mass is 349 g/mol. The molecule has 0 aliphatic heterocycles. The molecule has 6 aromatic rings. The highest BCUT2D eigenvalue weighted by Crippen LogP contribution is 2.33. The summed E-state index contributed by atoms with van der Waals surface area (Å²) in [5.41, 5.74) is 5.62. The summed E-state index contributed by atoms with van der Waals surface area (Å²) in [6.07, 6.45) is 0. The number of hydrogen-bond donors (Lipinski definition) is 1. The predicted molar refractivity (Wildman–Crippen MR) is 111 cm³/mol. The fourth-order valence-corrected chi connectivity index (χ4v) is 3.77. The fraction of sp³-hybridized carbons (Fsp3) is 0. The first kappa shape index (κ1) is 14.4. The Bertz CT molecular complexity index is 1460. The van der Waals surface area contributed by atoms with Gasteiger partial charge in [0.15, 0.2) is 0 Å². The molecule has 0 aliphatic rings. The van der Waals surface area contributed by atoms with Gasteiger partial charge in [-0.3, -0.25) is 0 Å². The molecule has 0 aliphatic carbocycles. The van der Waals surface area contributed by atoms with Gasteiger partial charge in [-0.2, -0.15) is 0 Å². The maximum Gasteiger partial charge on any atom is 0.137 e. The molecular formula is C24H15NO2. The van der Waals surface area contributed by atoms with Gasteiger partial charge in [-0.25, -0.2) is 0 Å². The smallest absolute Gasteiger partial charge is 0.137 e. The second kappa shape index (κ2) is 5.39.